The molecule has 0 amide bonds. The summed E-state index contributed by atoms with van der Waals surface area (Å²) < 4.78 is 57.2. The van der Waals surface area contributed by atoms with Gasteiger partial charge < -0.3 is 13.9 Å². The fourth-order valence-electron chi connectivity index (χ4n) is 2.77. The largest absolute Gasteiger partial charge is 0.491 e. The Hall–Kier alpha value is -2.84. The monoisotopic (exact) mass is 419 g/mol. The normalized spacial score (nSPS) is 11.4. The third-order valence-corrected chi connectivity index (χ3v) is 6.04. The molecule has 6 nitrogen and oxygen atoms in total. The van der Waals surface area contributed by atoms with E-state index in [2.05, 4.69) is 0 Å². The Balaban J connectivity index is 1.95. The second-order valence-electron chi connectivity index (χ2n) is 6.34. The molecule has 29 heavy (non-hydrogen) atoms. The minimum absolute atomic E-state index is 0.0217. The van der Waals surface area contributed by atoms with Gasteiger partial charge in [0.2, 0.25) is 0 Å². The molecule has 0 N–H and O–H groups in total. The molecular formula is C21H22FNO5S. The summed E-state index contributed by atoms with van der Waals surface area (Å²) in [6.45, 7) is 2.55. The molecule has 1 aromatic heterocycles. The van der Waals surface area contributed by atoms with E-state index in [1.54, 1.807) is 38.3 Å². The zero-order valence-electron chi connectivity index (χ0n) is 16.2. The molecule has 2 aromatic carbocycles. The second-order valence-corrected chi connectivity index (χ2v) is 8.20. The molecule has 0 fully saturated rings. The first-order chi connectivity index (χ1) is 13.9. The van der Waals surface area contributed by atoms with Gasteiger partial charge in [-0.2, -0.15) is 0 Å². The van der Waals surface area contributed by atoms with Crippen molar-refractivity contribution in [1.29, 1.82) is 0 Å². The quantitative estimate of drug-likeness (QED) is 0.488. The summed E-state index contributed by atoms with van der Waals surface area (Å²) in [5.74, 6) is 0.604. The van der Waals surface area contributed by atoms with Crippen LogP contribution in [-0.4, -0.2) is 28.7 Å². The molecule has 8 heteroatoms. The van der Waals surface area contributed by atoms with Crippen LogP contribution in [0.15, 0.2) is 70.2 Å². The zero-order valence-corrected chi connectivity index (χ0v) is 17.0. The van der Waals surface area contributed by atoms with E-state index in [1.165, 1.54) is 40.9 Å². The third kappa shape index (κ3) is 4.96. The number of hydrogen-bond donors (Lipinski definition) is 0. The molecule has 0 spiro atoms. The summed E-state index contributed by atoms with van der Waals surface area (Å²) in [5.41, 5.74) is 1.01. The SMILES string of the molecule is COCCOc1ccc(S(=O)(=O)N(Cc2ccco2)c2ccc(F)cc2)cc1C. The maximum Gasteiger partial charge on any atom is 0.264 e. The number of anilines is 1. The van der Waals surface area contributed by atoms with Gasteiger partial charge in [0.15, 0.2) is 0 Å². The van der Waals surface area contributed by atoms with Crippen molar-refractivity contribution in [3.63, 3.8) is 0 Å². The van der Waals surface area contributed by atoms with Crippen molar-refractivity contribution < 1.29 is 26.7 Å². The van der Waals surface area contributed by atoms with Crippen LogP contribution in [0.3, 0.4) is 0 Å². The molecule has 0 atom stereocenters. The van der Waals surface area contributed by atoms with Crippen molar-refractivity contribution in [2.75, 3.05) is 24.6 Å². The first-order valence-electron chi connectivity index (χ1n) is 8.95. The predicted octanol–water partition coefficient (Wildman–Crippen LogP) is 4.15. The van der Waals surface area contributed by atoms with E-state index in [0.717, 1.165) is 0 Å². The summed E-state index contributed by atoms with van der Waals surface area (Å²) in [5, 5.41) is 0. The van der Waals surface area contributed by atoms with Crippen molar-refractivity contribution >= 4 is 15.7 Å². The molecule has 3 aromatic rings. The number of nitrogens with zero attached hydrogens (tertiary/aromatic N) is 1. The maximum absolute atomic E-state index is 13.4. The van der Waals surface area contributed by atoms with E-state index in [-0.39, 0.29) is 11.4 Å². The van der Waals surface area contributed by atoms with Crippen molar-refractivity contribution in [2.24, 2.45) is 0 Å². The molecule has 0 aliphatic carbocycles. The minimum Gasteiger partial charge on any atom is -0.491 e. The molecular weight excluding hydrogens is 397 g/mol. The summed E-state index contributed by atoms with van der Waals surface area (Å²) in [7, 11) is -2.36. The maximum atomic E-state index is 13.4. The van der Waals surface area contributed by atoms with Crippen LogP contribution < -0.4 is 9.04 Å². The van der Waals surface area contributed by atoms with Crippen LogP contribution in [0.5, 0.6) is 5.75 Å². The molecule has 0 saturated heterocycles. The molecule has 0 aliphatic heterocycles. The lowest BCUT2D eigenvalue weighted by molar-refractivity contribution is 0.146. The van der Waals surface area contributed by atoms with E-state index in [4.69, 9.17) is 13.9 Å². The van der Waals surface area contributed by atoms with Crippen LogP contribution in [0.2, 0.25) is 0 Å². The number of aryl methyl sites for hydroxylation is 1. The van der Waals surface area contributed by atoms with Crippen molar-refractivity contribution in [2.45, 2.75) is 18.4 Å². The summed E-state index contributed by atoms with van der Waals surface area (Å²) >= 11 is 0. The van der Waals surface area contributed by atoms with Gasteiger partial charge in [0, 0.05) is 7.11 Å². The van der Waals surface area contributed by atoms with Gasteiger partial charge in [0.1, 0.15) is 23.9 Å². The summed E-state index contributed by atoms with van der Waals surface area (Å²) in [4.78, 5) is 0.102. The Morgan fingerprint density at radius 2 is 1.83 bits per heavy atom. The molecule has 0 unspecified atom stereocenters. The Labute approximate surface area is 169 Å². The molecule has 154 valence electrons. The first kappa shape index (κ1) is 20.9. The van der Waals surface area contributed by atoms with Gasteiger partial charge in [-0.05, 0) is 67.1 Å². The molecule has 1 heterocycles. The van der Waals surface area contributed by atoms with E-state index in [1.807, 2.05) is 0 Å². The molecule has 0 saturated carbocycles. The lowest BCUT2D eigenvalue weighted by Gasteiger charge is -2.24. The van der Waals surface area contributed by atoms with Gasteiger partial charge in [-0.3, -0.25) is 4.31 Å². The van der Waals surface area contributed by atoms with Crippen LogP contribution in [0.1, 0.15) is 11.3 Å². The first-order valence-corrected chi connectivity index (χ1v) is 10.4. The van der Waals surface area contributed by atoms with Gasteiger partial charge in [-0.25, -0.2) is 12.8 Å². The molecule has 0 aliphatic rings. The van der Waals surface area contributed by atoms with Crippen LogP contribution in [-0.2, 0) is 21.3 Å². The number of furan rings is 1. The van der Waals surface area contributed by atoms with E-state index >= 15 is 0 Å². The Morgan fingerprint density at radius 3 is 2.45 bits per heavy atom. The average Bonchev–Trinajstić information content (AvgIpc) is 3.21. The highest BCUT2D eigenvalue weighted by molar-refractivity contribution is 7.92. The van der Waals surface area contributed by atoms with E-state index in [9.17, 15) is 12.8 Å². The number of halogens is 1. The highest BCUT2D eigenvalue weighted by Gasteiger charge is 2.27. The zero-order chi connectivity index (χ0) is 20.9. The lowest BCUT2D eigenvalue weighted by atomic mass is 10.2. The number of hydrogen-bond acceptors (Lipinski definition) is 5. The molecule has 3 rings (SSSR count). The molecule has 0 radical (unpaired) electrons. The number of ether oxygens (including phenoxy) is 2. The standard InChI is InChI=1S/C21H22FNO5S/c1-16-14-20(9-10-21(16)28-13-12-26-2)29(24,25)23(15-19-4-3-11-27-19)18-7-5-17(22)6-8-18/h3-11,14H,12-13,15H2,1-2H3. The van der Waals surface area contributed by atoms with Crippen molar-refractivity contribution in [3.8, 4) is 5.75 Å². The minimum atomic E-state index is -3.94. The smallest absolute Gasteiger partial charge is 0.264 e. The highest BCUT2D eigenvalue weighted by atomic mass is 32.2. The van der Waals surface area contributed by atoms with Gasteiger partial charge in [-0.15, -0.1) is 0 Å². The number of sulfonamides is 1. The number of rotatable bonds is 9. The van der Waals surface area contributed by atoms with Crippen LogP contribution >= 0.6 is 0 Å². The third-order valence-electron chi connectivity index (χ3n) is 4.27. The van der Waals surface area contributed by atoms with Crippen LogP contribution in [0.4, 0.5) is 10.1 Å². The van der Waals surface area contributed by atoms with Gasteiger partial charge in [0.25, 0.3) is 10.0 Å². The highest BCUT2D eigenvalue weighted by Crippen LogP contribution is 2.29. The van der Waals surface area contributed by atoms with Crippen LogP contribution in [0.25, 0.3) is 0 Å². The fraction of sp³-hybridized carbons (Fsp3) is 0.238. The van der Waals surface area contributed by atoms with Gasteiger partial charge in [-0.1, -0.05) is 0 Å². The van der Waals surface area contributed by atoms with Crippen LogP contribution in [0, 0.1) is 12.7 Å². The van der Waals surface area contributed by atoms with Crippen molar-refractivity contribution in [1.82, 2.24) is 0 Å². The summed E-state index contributed by atoms with van der Waals surface area (Å²) in [6.07, 6.45) is 1.47. The van der Waals surface area contributed by atoms with Gasteiger partial charge in [0.05, 0.1) is 30.0 Å². The summed E-state index contributed by atoms with van der Waals surface area (Å²) in [6, 6.07) is 13.3. The topological polar surface area (TPSA) is 69.0 Å². The Morgan fingerprint density at radius 1 is 1.07 bits per heavy atom. The number of methoxy groups -OCH3 is 1. The van der Waals surface area contributed by atoms with E-state index < -0.39 is 15.8 Å². The second kappa shape index (κ2) is 9.11. The Kier molecular flexibility index (Phi) is 6.56. The number of benzene rings is 2. The lowest BCUT2D eigenvalue weighted by Crippen LogP contribution is -2.30. The average molecular weight is 419 g/mol. The Bertz CT molecular complexity index is 1030. The van der Waals surface area contributed by atoms with Crippen molar-refractivity contribution in [3.05, 3.63) is 78.0 Å². The predicted molar refractivity (Wildman–Crippen MR) is 107 cm³/mol. The fourth-order valence-corrected chi connectivity index (χ4v) is 4.29. The molecule has 0 bridgehead atoms. The van der Waals surface area contributed by atoms with E-state index in [0.29, 0.717) is 36.0 Å². The van der Waals surface area contributed by atoms with Gasteiger partial charge >= 0.3 is 0 Å².